The molecule has 1 rings (SSSR count). The topological polar surface area (TPSA) is 33.2 Å². The molecule has 1 heterocycles. The van der Waals surface area contributed by atoms with Crippen LogP contribution in [-0.4, -0.2) is 29.8 Å². The second-order valence-electron chi connectivity index (χ2n) is 4.66. The number of carbonyl (C=O) groups excluding carboxylic acids is 1. The van der Waals surface area contributed by atoms with E-state index in [1.165, 1.54) is 0 Å². The van der Waals surface area contributed by atoms with Crippen molar-refractivity contribution in [3.8, 4) is 0 Å². The fraction of sp³-hybridized carbons (Fsp3) is 0.667. The third-order valence-corrected chi connectivity index (χ3v) is 3.64. The zero-order valence-corrected chi connectivity index (χ0v) is 11.3. The number of aryl methyl sites for hydroxylation is 1. The molecule has 0 spiro atoms. The Kier molecular flexibility index (Phi) is 4.62. The number of aromatic nitrogens is 1. The number of hydrogen-bond acceptors (Lipinski definition) is 4. The molecule has 0 amide bonds. The highest BCUT2D eigenvalue weighted by molar-refractivity contribution is 7.09. The Hall–Kier alpha value is -0.740. The van der Waals surface area contributed by atoms with E-state index in [0.717, 1.165) is 36.5 Å². The van der Waals surface area contributed by atoms with Gasteiger partial charge < -0.3 is 4.79 Å². The molecule has 0 N–H and O–H groups in total. The standard InChI is InChI=1S/C12H20N2OS/c1-5-12(3,9-15)8-14(4)6-11-7-16-10(2)13-11/h7,9H,5-6,8H2,1-4H3. The van der Waals surface area contributed by atoms with Gasteiger partial charge in [0.25, 0.3) is 0 Å². The minimum Gasteiger partial charge on any atom is -0.303 e. The third kappa shape index (κ3) is 3.68. The molecule has 0 aromatic carbocycles. The van der Waals surface area contributed by atoms with Gasteiger partial charge in [-0.3, -0.25) is 4.90 Å². The van der Waals surface area contributed by atoms with Crippen LogP contribution in [0.15, 0.2) is 5.38 Å². The van der Waals surface area contributed by atoms with Gasteiger partial charge in [-0.05, 0) is 20.4 Å². The van der Waals surface area contributed by atoms with E-state index in [0.29, 0.717) is 0 Å². The van der Waals surface area contributed by atoms with Gasteiger partial charge in [-0.25, -0.2) is 4.98 Å². The summed E-state index contributed by atoms with van der Waals surface area (Å²) in [6.07, 6.45) is 1.94. The monoisotopic (exact) mass is 240 g/mol. The van der Waals surface area contributed by atoms with Gasteiger partial charge in [-0.15, -0.1) is 11.3 Å². The van der Waals surface area contributed by atoms with Crippen LogP contribution in [0.4, 0.5) is 0 Å². The number of nitrogens with zero attached hydrogens (tertiary/aromatic N) is 2. The normalized spacial score (nSPS) is 15.1. The van der Waals surface area contributed by atoms with Crippen molar-refractivity contribution in [2.75, 3.05) is 13.6 Å². The third-order valence-electron chi connectivity index (χ3n) is 2.82. The zero-order chi connectivity index (χ0) is 12.2. The minimum atomic E-state index is -0.236. The first kappa shape index (κ1) is 13.3. The minimum absolute atomic E-state index is 0.236. The number of hydrogen-bond donors (Lipinski definition) is 0. The van der Waals surface area contributed by atoms with Crippen LogP contribution >= 0.6 is 11.3 Å². The van der Waals surface area contributed by atoms with Crippen LogP contribution in [0, 0.1) is 12.3 Å². The maximum Gasteiger partial charge on any atom is 0.127 e. The van der Waals surface area contributed by atoms with E-state index in [1.807, 2.05) is 20.9 Å². The number of rotatable bonds is 6. The highest BCUT2D eigenvalue weighted by Crippen LogP contribution is 2.20. The molecule has 0 bridgehead atoms. The lowest BCUT2D eigenvalue weighted by Gasteiger charge is -2.27. The van der Waals surface area contributed by atoms with Gasteiger partial charge in [0.2, 0.25) is 0 Å². The zero-order valence-electron chi connectivity index (χ0n) is 10.5. The van der Waals surface area contributed by atoms with E-state index in [2.05, 4.69) is 22.2 Å². The van der Waals surface area contributed by atoms with Crippen molar-refractivity contribution in [1.82, 2.24) is 9.88 Å². The van der Waals surface area contributed by atoms with E-state index in [1.54, 1.807) is 11.3 Å². The van der Waals surface area contributed by atoms with E-state index >= 15 is 0 Å². The summed E-state index contributed by atoms with van der Waals surface area (Å²) in [6.45, 7) is 7.66. The van der Waals surface area contributed by atoms with Gasteiger partial charge >= 0.3 is 0 Å². The van der Waals surface area contributed by atoms with Crippen LogP contribution in [0.1, 0.15) is 31.0 Å². The SMILES string of the molecule is CCC(C)(C=O)CN(C)Cc1csc(C)n1. The highest BCUT2D eigenvalue weighted by atomic mass is 32.1. The predicted octanol–water partition coefficient (Wildman–Crippen LogP) is 2.50. The van der Waals surface area contributed by atoms with Gasteiger partial charge in [-0.1, -0.05) is 13.8 Å². The Bertz CT molecular complexity index is 351. The van der Waals surface area contributed by atoms with E-state index in [-0.39, 0.29) is 5.41 Å². The van der Waals surface area contributed by atoms with Crippen molar-refractivity contribution in [2.45, 2.75) is 33.7 Å². The van der Waals surface area contributed by atoms with Crippen LogP contribution in [-0.2, 0) is 11.3 Å². The lowest BCUT2D eigenvalue weighted by molar-refractivity contribution is -0.116. The first-order valence-corrected chi connectivity index (χ1v) is 6.43. The van der Waals surface area contributed by atoms with Crippen LogP contribution in [0.3, 0.4) is 0 Å². The van der Waals surface area contributed by atoms with E-state index < -0.39 is 0 Å². The van der Waals surface area contributed by atoms with E-state index in [9.17, 15) is 4.79 Å². The molecule has 0 radical (unpaired) electrons. The molecular formula is C12H20N2OS. The molecule has 0 aliphatic rings. The summed E-state index contributed by atoms with van der Waals surface area (Å²) in [7, 11) is 2.03. The molecule has 90 valence electrons. The summed E-state index contributed by atoms with van der Waals surface area (Å²) in [5.74, 6) is 0. The first-order valence-electron chi connectivity index (χ1n) is 5.55. The quantitative estimate of drug-likeness (QED) is 0.716. The molecular weight excluding hydrogens is 220 g/mol. The van der Waals surface area contributed by atoms with E-state index in [4.69, 9.17) is 0 Å². The molecule has 0 saturated carbocycles. The summed E-state index contributed by atoms with van der Waals surface area (Å²) < 4.78 is 0. The molecule has 1 aromatic heterocycles. The predicted molar refractivity (Wildman–Crippen MR) is 67.6 cm³/mol. The summed E-state index contributed by atoms with van der Waals surface area (Å²) in [4.78, 5) is 17.6. The number of carbonyl (C=O) groups is 1. The molecule has 0 saturated heterocycles. The molecule has 3 nitrogen and oxygen atoms in total. The molecule has 0 aliphatic heterocycles. The van der Waals surface area contributed by atoms with Crippen LogP contribution in [0.5, 0.6) is 0 Å². The summed E-state index contributed by atoms with van der Waals surface area (Å²) in [5, 5.41) is 3.17. The van der Waals surface area contributed by atoms with Crippen molar-refractivity contribution in [3.63, 3.8) is 0 Å². The van der Waals surface area contributed by atoms with Gasteiger partial charge in [0.05, 0.1) is 10.7 Å². The van der Waals surface area contributed by atoms with Crippen molar-refractivity contribution in [2.24, 2.45) is 5.41 Å². The molecule has 1 aromatic rings. The summed E-state index contributed by atoms with van der Waals surface area (Å²) in [5.41, 5.74) is 0.856. The Morgan fingerprint density at radius 1 is 1.62 bits per heavy atom. The van der Waals surface area contributed by atoms with Crippen molar-refractivity contribution < 1.29 is 4.79 Å². The molecule has 1 atom stereocenters. The lowest BCUT2D eigenvalue weighted by Crippen LogP contribution is -2.34. The Morgan fingerprint density at radius 3 is 2.75 bits per heavy atom. The second-order valence-corrected chi connectivity index (χ2v) is 5.72. The first-order chi connectivity index (χ1) is 7.49. The van der Waals surface area contributed by atoms with Crippen molar-refractivity contribution >= 4 is 17.6 Å². The van der Waals surface area contributed by atoms with Gasteiger partial charge in [0.15, 0.2) is 0 Å². The maximum atomic E-state index is 11.0. The largest absolute Gasteiger partial charge is 0.303 e. The maximum absolute atomic E-state index is 11.0. The summed E-state index contributed by atoms with van der Waals surface area (Å²) >= 11 is 1.67. The molecule has 4 heteroatoms. The van der Waals surface area contributed by atoms with Gasteiger partial charge in [0.1, 0.15) is 6.29 Å². The smallest absolute Gasteiger partial charge is 0.127 e. The second kappa shape index (κ2) is 5.55. The molecule has 0 fully saturated rings. The fourth-order valence-corrected chi connectivity index (χ4v) is 2.27. The lowest BCUT2D eigenvalue weighted by atomic mass is 9.89. The van der Waals surface area contributed by atoms with Crippen molar-refractivity contribution in [1.29, 1.82) is 0 Å². The molecule has 16 heavy (non-hydrogen) atoms. The highest BCUT2D eigenvalue weighted by Gasteiger charge is 2.23. The Balaban J connectivity index is 2.53. The van der Waals surface area contributed by atoms with Crippen LogP contribution in [0.2, 0.25) is 0 Å². The van der Waals surface area contributed by atoms with Gasteiger partial charge in [-0.2, -0.15) is 0 Å². The van der Waals surface area contributed by atoms with Crippen LogP contribution in [0.25, 0.3) is 0 Å². The Morgan fingerprint density at radius 2 is 2.31 bits per heavy atom. The average Bonchev–Trinajstić information content (AvgIpc) is 2.63. The number of aldehydes is 1. The van der Waals surface area contributed by atoms with Crippen molar-refractivity contribution in [3.05, 3.63) is 16.1 Å². The van der Waals surface area contributed by atoms with Gasteiger partial charge in [0, 0.05) is 23.9 Å². The molecule has 0 aliphatic carbocycles. The summed E-state index contributed by atoms with van der Waals surface area (Å²) in [6, 6.07) is 0. The molecule has 1 unspecified atom stereocenters. The fourth-order valence-electron chi connectivity index (χ4n) is 1.66. The average molecular weight is 240 g/mol. The Labute approximate surface area is 101 Å². The van der Waals surface area contributed by atoms with Crippen LogP contribution < -0.4 is 0 Å². The number of thiazole rings is 1.